The first-order valence-corrected chi connectivity index (χ1v) is 17.9. The van der Waals surface area contributed by atoms with Crippen LogP contribution < -0.4 is 24.8 Å². The number of rotatable bonds is 0. The fourth-order valence-electron chi connectivity index (χ4n) is 3.65. The van der Waals surface area contributed by atoms with Gasteiger partial charge in [0.05, 0.1) is 9.21 Å². The van der Waals surface area contributed by atoms with Crippen molar-refractivity contribution in [1.29, 1.82) is 0 Å². The van der Waals surface area contributed by atoms with E-state index >= 15 is 0 Å². The average Bonchev–Trinajstić information content (AvgIpc) is 3.30. The van der Waals surface area contributed by atoms with Crippen LogP contribution in [0.5, 0.6) is 0 Å². The van der Waals surface area contributed by atoms with Crippen LogP contribution in [-0.2, 0) is 23.3 Å². The van der Waals surface area contributed by atoms with Crippen LogP contribution in [0.4, 0.5) is 0 Å². The summed E-state index contributed by atoms with van der Waals surface area (Å²) in [5, 5.41) is 10.1. The number of fused-ring (bicyclic) bond motifs is 6. The van der Waals surface area contributed by atoms with E-state index in [4.69, 9.17) is 0 Å². The Morgan fingerprint density at radius 3 is 1.38 bits per heavy atom. The van der Waals surface area contributed by atoms with Crippen molar-refractivity contribution in [1.82, 2.24) is 9.97 Å². The molecule has 0 saturated carbocycles. The van der Waals surface area contributed by atoms with Crippen molar-refractivity contribution in [2.24, 2.45) is 0 Å². The van der Waals surface area contributed by atoms with Gasteiger partial charge in [0.25, 0.3) is 0 Å². The molecule has 0 saturated heterocycles. The third kappa shape index (κ3) is 7.09. The molecule has 0 fully saturated rings. The van der Waals surface area contributed by atoms with Gasteiger partial charge in [0.1, 0.15) is 0 Å². The van der Waals surface area contributed by atoms with Gasteiger partial charge in [0.2, 0.25) is 0 Å². The second-order valence-electron chi connectivity index (χ2n) is 7.65. The monoisotopic (exact) mass is 706 g/mol. The zero-order chi connectivity index (χ0) is 22.7. The maximum Gasteiger partial charge on any atom is -1.00 e. The predicted molar refractivity (Wildman–Crippen MR) is 143 cm³/mol. The van der Waals surface area contributed by atoms with Crippen molar-refractivity contribution < 1.29 is 48.1 Å². The summed E-state index contributed by atoms with van der Waals surface area (Å²) in [6, 6.07) is 25.2. The van der Waals surface area contributed by atoms with E-state index in [1.165, 1.54) is 43.1 Å². The van der Waals surface area contributed by atoms with Crippen LogP contribution in [0, 0.1) is 0 Å². The van der Waals surface area contributed by atoms with Gasteiger partial charge in [-0.15, -0.1) is 56.6 Å². The van der Waals surface area contributed by atoms with Crippen LogP contribution in [-0.4, -0.2) is 15.4 Å². The summed E-state index contributed by atoms with van der Waals surface area (Å²) in [7, 11) is 0. The van der Waals surface area contributed by atoms with E-state index in [2.05, 4.69) is 128 Å². The summed E-state index contributed by atoms with van der Waals surface area (Å²) in [6.45, 7) is 4.62. The van der Waals surface area contributed by atoms with E-state index in [0.29, 0.717) is 0 Å². The second-order valence-corrected chi connectivity index (χ2v) is 18.7. The van der Waals surface area contributed by atoms with Crippen molar-refractivity contribution in [3.05, 3.63) is 94.4 Å². The van der Waals surface area contributed by atoms with Gasteiger partial charge in [0.15, 0.2) is 0 Å². The number of hydrogen-bond donors (Lipinski definition) is 0. The van der Waals surface area contributed by atoms with E-state index in [0.717, 1.165) is 9.21 Å². The van der Waals surface area contributed by atoms with Gasteiger partial charge >= 0.3 is 41.9 Å². The predicted octanol–water partition coefficient (Wildman–Crippen LogP) is 2.53. The normalized spacial score (nSPS) is 10.1. The van der Waals surface area contributed by atoms with Crippen LogP contribution in [0.25, 0.3) is 43.1 Å². The average molecular weight is 710 g/mol. The zero-order valence-electron chi connectivity index (χ0n) is 18.5. The van der Waals surface area contributed by atoms with Crippen molar-refractivity contribution in [2.45, 2.75) is 13.1 Å². The molecule has 0 unspecified atom stereocenters. The molecule has 0 aliphatic carbocycles. The molecule has 0 atom stereocenters. The first-order valence-electron chi connectivity index (χ1n) is 10.1. The maximum absolute atomic E-state index is 4.25. The Bertz CT molecular complexity index is 1450. The smallest absolute Gasteiger partial charge is 1.00 e. The molecule has 8 heteroatoms. The number of pyridine rings is 2. The molecular formula is C26H20Br2Cl2N2SiZr-2. The fraction of sp³-hybridized carbons (Fsp3) is 0.0769. The third-order valence-corrected chi connectivity index (χ3v) is 5.80. The summed E-state index contributed by atoms with van der Waals surface area (Å²) in [4.78, 5) is 8.49. The Morgan fingerprint density at radius 2 is 1.00 bits per heavy atom. The molecule has 0 radical (unpaired) electrons. The molecule has 2 nitrogen and oxygen atoms in total. The van der Waals surface area contributed by atoms with Gasteiger partial charge < -0.3 is 24.8 Å². The van der Waals surface area contributed by atoms with Gasteiger partial charge in [-0.05, 0) is 44.3 Å². The Morgan fingerprint density at radius 1 is 0.647 bits per heavy atom. The molecule has 2 heterocycles. The summed E-state index contributed by atoms with van der Waals surface area (Å²) in [6.07, 6.45) is 3.84. The zero-order valence-corrected chi connectivity index (χ0v) is 26.6. The molecule has 34 heavy (non-hydrogen) atoms. The molecule has 6 aromatic rings. The fourth-order valence-corrected chi connectivity index (χ4v) is 4.35. The number of aromatic nitrogens is 2. The van der Waals surface area contributed by atoms with Crippen molar-refractivity contribution >= 4 is 80.4 Å². The number of benzene rings is 2. The van der Waals surface area contributed by atoms with Gasteiger partial charge in [-0.3, -0.25) is 9.97 Å². The molecule has 0 amide bonds. The molecule has 2 aromatic heterocycles. The SMILES string of the molecule is Brc1cc2[cH-]c3ccccc3c2cn1.Brc1cc2[cH-]c3ccccc3c2cn1.C[Si](C)=[Zr+2].[Cl-].[Cl-]. The van der Waals surface area contributed by atoms with Crippen molar-refractivity contribution in [2.75, 3.05) is 0 Å². The largest absolute Gasteiger partial charge is 1.00 e. The maximum atomic E-state index is 4.25. The van der Waals surface area contributed by atoms with E-state index in [1.54, 1.807) is 23.3 Å². The van der Waals surface area contributed by atoms with E-state index in [9.17, 15) is 0 Å². The Labute approximate surface area is 243 Å². The summed E-state index contributed by atoms with van der Waals surface area (Å²) in [5.41, 5.74) is 0.210. The minimum Gasteiger partial charge on any atom is -1.00 e. The molecule has 4 aromatic carbocycles. The molecule has 0 N–H and O–H groups in total. The standard InChI is InChI=1S/2C12H7BrN.C2H6Si.2ClH.Zr/c2*13-12-6-9-5-8-3-1-2-4-10(8)11(9)7-14-12;1-3-2;;;/h2*1-7H;1-2H3;2*1H;/q2*-1;;;;+2/p-2. The summed E-state index contributed by atoms with van der Waals surface area (Å²) < 4.78 is 1.78. The van der Waals surface area contributed by atoms with E-state index in [-0.39, 0.29) is 30.2 Å². The number of nitrogens with zero attached hydrogens (tertiary/aromatic N) is 2. The number of hydrogen-bond acceptors (Lipinski definition) is 2. The number of halogens is 4. The van der Waals surface area contributed by atoms with Crippen LogP contribution in [0.15, 0.2) is 94.4 Å². The van der Waals surface area contributed by atoms with Crippen molar-refractivity contribution in [3.63, 3.8) is 0 Å². The Kier molecular flexibility index (Phi) is 11.6. The first-order chi connectivity index (χ1) is 15.4. The molecule has 172 valence electrons. The Hall–Kier alpha value is -0.880. The van der Waals surface area contributed by atoms with E-state index < -0.39 is 0 Å². The molecule has 0 bridgehead atoms. The minimum atomic E-state index is 0. The van der Waals surface area contributed by atoms with Crippen LogP contribution in [0.2, 0.25) is 13.1 Å². The molecule has 0 aliphatic rings. The van der Waals surface area contributed by atoms with Gasteiger partial charge in [0, 0.05) is 0 Å². The van der Waals surface area contributed by atoms with Crippen molar-refractivity contribution in [3.8, 4) is 0 Å². The first kappa shape index (κ1) is 29.4. The molecule has 0 aliphatic heterocycles. The second kappa shape index (κ2) is 13.4. The molecular weight excluding hydrogens is 690 g/mol. The topological polar surface area (TPSA) is 25.8 Å². The van der Waals surface area contributed by atoms with Crippen LogP contribution in [0.3, 0.4) is 0 Å². The Balaban J connectivity index is 0.000000198. The van der Waals surface area contributed by atoms with Gasteiger partial charge in [-0.25, -0.2) is 0 Å². The minimum absolute atomic E-state index is 0. The summed E-state index contributed by atoms with van der Waals surface area (Å²) in [5.74, 6) is 0. The molecule has 0 spiro atoms. The van der Waals surface area contributed by atoms with Crippen LogP contribution >= 0.6 is 31.9 Å². The quantitative estimate of drug-likeness (QED) is 0.138. The third-order valence-electron chi connectivity index (χ3n) is 4.93. The van der Waals surface area contributed by atoms with Crippen LogP contribution in [0.1, 0.15) is 0 Å². The summed E-state index contributed by atoms with van der Waals surface area (Å²) >= 11 is 8.50. The van der Waals surface area contributed by atoms with Gasteiger partial charge in [-0.2, -0.15) is 0 Å². The van der Waals surface area contributed by atoms with Gasteiger partial charge in [-0.1, -0.05) is 59.3 Å². The van der Waals surface area contributed by atoms with E-state index in [1.807, 2.05) is 12.4 Å². The molecule has 6 rings (SSSR count).